The van der Waals surface area contributed by atoms with E-state index in [9.17, 15) is 24.8 Å². The van der Waals surface area contributed by atoms with Crippen molar-refractivity contribution in [1.82, 2.24) is 4.90 Å². The summed E-state index contributed by atoms with van der Waals surface area (Å²) >= 11 is 0. The fourth-order valence-corrected chi connectivity index (χ4v) is 3.44. The Bertz CT molecular complexity index is 998. The monoisotopic (exact) mass is 411 g/mol. The Morgan fingerprint density at radius 3 is 2.33 bits per heavy atom. The number of allylic oxidation sites excluding steroid dienone is 1. The lowest BCUT2D eigenvalue weighted by Crippen LogP contribution is -2.32. The summed E-state index contributed by atoms with van der Waals surface area (Å²) in [7, 11) is 1.56. The number of nitro groups is 1. The van der Waals surface area contributed by atoms with E-state index in [4.69, 9.17) is 4.74 Å². The normalized spacial score (nSPS) is 17.8. The van der Waals surface area contributed by atoms with Crippen LogP contribution in [0, 0.1) is 10.1 Å². The van der Waals surface area contributed by atoms with Crippen molar-refractivity contribution in [2.45, 2.75) is 13.0 Å². The zero-order chi connectivity index (χ0) is 21.8. The molecule has 0 radical (unpaired) electrons. The number of Topliss-reactive ketones (excluding diaryl/α,β-unsaturated/α-hetero) is 1. The van der Waals surface area contributed by atoms with Gasteiger partial charge in [-0.1, -0.05) is 0 Å². The average molecular weight is 411 g/mol. The molecule has 30 heavy (non-hydrogen) atoms. The van der Waals surface area contributed by atoms with Crippen molar-refractivity contribution in [2.24, 2.45) is 0 Å². The van der Waals surface area contributed by atoms with Gasteiger partial charge in [0.15, 0.2) is 0 Å². The number of rotatable bonds is 7. The Hall–Kier alpha value is -3.72. The number of nitro benzene ring substituents is 1. The summed E-state index contributed by atoms with van der Waals surface area (Å²) in [5.74, 6) is -0.723. The van der Waals surface area contributed by atoms with E-state index in [0.29, 0.717) is 22.7 Å². The second kappa shape index (κ2) is 8.75. The molecule has 1 aliphatic heterocycles. The third kappa shape index (κ3) is 4.01. The summed E-state index contributed by atoms with van der Waals surface area (Å²) in [6.45, 7) is 1.33. The van der Waals surface area contributed by atoms with Crippen LogP contribution >= 0.6 is 0 Å². The van der Waals surface area contributed by atoms with E-state index in [2.05, 4.69) is 5.32 Å². The van der Waals surface area contributed by atoms with Gasteiger partial charge in [-0.2, -0.15) is 0 Å². The van der Waals surface area contributed by atoms with E-state index >= 15 is 0 Å². The molecule has 1 fully saturated rings. The van der Waals surface area contributed by atoms with Crippen LogP contribution in [0.4, 0.5) is 11.4 Å². The number of nitrogens with one attached hydrogen (secondary N) is 1. The van der Waals surface area contributed by atoms with Crippen LogP contribution in [0.25, 0.3) is 0 Å². The molecule has 3 rings (SSSR count). The summed E-state index contributed by atoms with van der Waals surface area (Å²) in [6, 6.07) is 12.0. The van der Waals surface area contributed by atoms with Gasteiger partial charge < -0.3 is 20.1 Å². The van der Waals surface area contributed by atoms with Crippen molar-refractivity contribution in [3.05, 3.63) is 75.5 Å². The minimum Gasteiger partial charge on any atom is -0.497 e. The number of β-amino-alcohol motifs (C(OH)–C–C–N with tert-alkyl or cyclic N) is 1. The maximum atomic E-state index is 12.8. The number of carbonyl (C=O) groups excluding carboxylic acids is 2. The molecule has 0 spiro atoms. The summed E-state index contributed by atoms with van der Waals surface area (Å²) in [6.07, 6.45) is 0. The molecule has 2 aromatic carbocycles. The Kier molecular flexibility index (Phi) is 6.12. The van der Waals surface area contributed by atoms with Crippen LogP contribution in [0.2, 0.25) is 0 Å². The number of aliphatic hydroxyl groups excluding tert-OH is 1. The number of likely N-dealkylation sites (tertiary alicyclic amines) is 1. The van der Waals surface area contributed by atoms with Crippen molar-refractivity contribution in [1.29, 1.82) is 0 Å². The zero-order valence-electron chi connectivity index (χ0n) is 16.5. The van der Waals surface area contributed by atoms with Crippen molar-refractivity contribution in [3.63, 3.8) is 0 Å². The zero-order valence-corrected chi connectivity index (χ0v) is 16.5. The van der Waals surface area contributed by atoms with Crippen LogP contribution in [0.15, 0.2) is 59.8 Å². The number of hydrogen-bond acceptors (Lipinski definition) is 7. The predicted octanol–water partition coefficient (Wildman–Crippen LogP) is 2.43. The number of ether oxygens (including phenoxy) is 1. The van der Waals surface area contributed by atoms with Crippen LogP contribution in [-0.4, -0.2) is 46.9 Å². The van der Waals surface area contributed by atoms with Gasteiger partial charge in [0.2, 0.25) is 0 Å². The van der Waals surface area contributed by atoms with Gasteiger partial charge in [-0.3, -0.25) is 19.7 Å². The predicted molar refractivity (Wildman–Crippen MR) is 109 cm³/mol. The molecule has 2 N–H and O–H groups in total. The molecular formula is C21H21N3O6. The number of hydrogen-bond donors (Lipinski definition) is 2. The lowest BCUT2D eigenvalue weighted by Gasteiger charge is -2.25. The second-order valence-corrected chi connectivity index (χ2v) is 6.69. The first kappa shape index (κ1) is 21.0. The van der Waals surface area contributed by atoms with Gasteiger partial charge in [-0.15, -0.1) is 0 Å². The van der Waals surface area contributed by atoms with Crippen LogP contribution < -0.4 is 10.1 Å². The van der Waals surface area contributed by atoms with Gasteiger partial charge in [0, 0.05) is 30.1 Å². The van der Waals surface area contributed by atoms with Crippen LogP contribution in [0.1, 0.15) is 18.5 Å². The van der Waals surface area contributed by atoms with Crippen molar-refractivity contribution >= 4 is 23.1 Å². The SMILES string of the molecule is COc1ccc(NC(C)=C2C(=O)C(=O)N(CCO)C2c2ccc([N+](=O)[O-])cc2)cc1. The standard InChI is InChI=1S/C21H21N3O6/c1-13(22-15-5-9-17(30-2)10-6-15)18-19(23(11-12-25)21(27)20(18)26)14-3-7-16(8-4-14)24(28)29/h3-10,19,22,25H,11-12H2,1-2H3. The number of non-ortho nitro benzene ring substituents is 1. The highest BCUT2D eigenvalue weighted by Gasteiger charge is 2.44. The van der Waals surface area contributed by atoms with Crippen molar-refractivity contribution in [3.8, 4) is 5.75 Å². The highest BCUT2D eigenvalue weighted by atomic mass is 16.6. The fourth-order valence-electron chi connectivity index (χ4n) is 3.44. The maximum absolute atomic E-state index is 12.8. The van der Waals surface area contributed by atoms with E-state index in [-0.39, 0.29) is 24.4 Å². The third-order valence-electron chi connectivity index (χ3n) is 4.87. The average Bonchev–Trinajstić information content (AvgIpc) is 2.99. The highest BCUT2D eigenvalue weighted by Crippen LogP contribution is 2.38. The number of anilines is 1. The van der Waals surface area contributed by atoms with E-state index in [0.717, 1.165) is 0 Å². The Labute approximate surface area is 172 Å². The molecule has 156 valence electrons. The topological polar surface area (TPSA) is 122 Å². The smallest absolute Gasteiger partial charge is 0.295 e. The minimum atomic E-state index is -0.760. The minimum absolute atomic E-state index is 0.0362. The van der Waals surface area contributed by atoms with Crippen LogP contribution in [0.3, 0.4) is 0 Å². The van der Waals surface area contributed by atoms with Gasteiger partial charge >= 0.3 is 0 Å². The summed E-state index contributed by atoms with van der Waals surface area (Å²) < 4.78 is 5.13. The van der Waals surface area contributed by atoms with Crippen molar-refractivity contribution in [2.75, 3.05) is 25.6 Å². The molecule has 0 bridgehead atoms. The van der Waals surface area contributed by atoms with Gasteiger partial charge in [0.1, 0.15) is 5.75 Å². The Morgan fingerprint density at radius 1 is 1.17 bits per heavy atom. The van der Waals surface area contributed by atoms with E-state index < -0.39 is 22.7 Å². The molecule has 1 unspecified atom stereocenters. The van der Waals surface area contributed by atoms with Crippen molar-refractivity contribution < 1.29 is 24.4 Å². The number of ketones is 1. The van der Waals surface area contributed by atoms with Gasteiger partial charge in [-0.05, 0) is 48.9 Å². The molecule has 9 nitrogen and oxygen atoms in total. The first-order valence-electron chi connectivity index (χ1n) is 9.19. The molecular weight excluding hydrogens is 390 g/mol. The number of methoxy groups -OCH3 is 1. The number of carbonyl (C=O) groups is 2. The second-order valence-electron chi connectivity index (χ2n) is 6.69. The molecule has 1 atom stereocenters. The van der Waals surface area contributed by atoms with E-state index in [1.165, 1.54) is 29.2 Å². The molecule has 1 saturated heterocycles. The first-order valence-corrected chi connectivity index (χ1v) is 9.19. The number of aliphatic hydroxyl groups is 1. The number of benzene rings is 2. The first-order chi connectivity index (χ1) is 14.4. The molecule has 0 saturated carbocycles. The number of amides is 1. The van der Waals surface area contributed by atoms with E-state index in [1.807, 2.05) is 0 Å². The third-order valence-corrected chi connectivity index (χ3v) is 4.87. The molecule has 1 aliphatic rings. The Balaban J connectivity index is 2.03. The van der Waals surface area contributed by atoms with Gasteiger partial charge in [0.05, 0.1) is 30.3 Å². The van der Waals surface area contributed by atoms with Gasteiger partial charge in [0.25, 0.3) is 17.4 Å². The summed E-state index contributed by atoms with van der Waals surface area (Å²) in [4.78, 5) is 37.1. The fraction of sp³-hybridized carbons (Fsp3) is 0.238. The lowest BCUT2D eigenvalue weighted by molar-refractivity contribution is -0.384. The Morgan fingerprint density at radius 2 is 1.80 bits per heavy atom. The molecule has 9 heteroatoms. The lowest BCUT2D eigenvalue weighted by atomic mass is 9.96. The maximum Gasteiger partial charge on any atom is 0.295 e. The summed E-state index contributed by atoms with van der Waals surface area (Å²) in [5.41, 5.74) is 1.85. The molecule has 0 aliphatic carbocycles. The number of nitrogens with zero attached hydrogens (tertiary/aromatic N) is 2. The van der Waals surface area contributed by atoms with Gasteiger partial charge in [-0.25, -0.2) is 0 Å². The largest absolute Gasteiger partial charge is 0.497 e. The van der Waals surface area contributed by atoms with Crippen LogP contribution in [0.5, 0.6) is 5.75 Å². The summed E-state index contributed by atoms with van der Waals surface area (Å²) in [5, 5.41) is 23.5. The molecule has 0 aromatic heterocycles. The molecule has 2 aromatic rings. The molecule has 1 amide bonds. The van der Waals surface area contributed by atoms with Crippen LogP contribution in [-0.2, 0) is 9.59 Å². The molecule has 1 heterocycles. The quantitative estimate of drug-likeness (QED) is 0.310. The van der Waals surface area contributed by atoms with E-state index in [1.54, 1.807) is 38.3 Å². The highest BCUT2D eigenvalue weighted by molar-refractivity contribution is 6.45.